The number of likely N-dealkylation sites (N-methyl/N-ethyl adjacent to an activating group) is 1. The van der Waals surface area contributed by atoms with Crippen LogP contribution in [0.1, 0.15) is 31.5 Å². The normalized spacial score (nSPS) is 24.5. The van der Waals surface area contributed by atoms with Gasteiger partial charge in [0, 0.05) is 11.3 Å². The summed E-state index contributed by atoms with van der Waals surface area (Å²) in [7, 11) is 6.26. The summed E-state index contributed by atoms with van der Waals surface area (Å²) >= 11 is 5.77. The van der Waals surface area contributed by atoms with Crippen molar-refractivity contribution in [1.29, 1.82) is 0 Å². The van der Waals surface area contributed by atoms with Crippen molar-refractivity contribution in [3.8, 4) is 0 Å². The lowest BCUT2D eigenvalue weighted by molar-refractivity contribution is 0.352. The average molecular weight is 361 g/mol. The molecule has 0 saturated carbocycles. The van der Waals surface area contributed by atoms with Gasteiger partial charge in [-0.1, -0.05) is 0 Å². The van der Waals surface area contributed by atoms with E-state index in [9.17, 15) is 0 Å². The molecule has 1 aliphatic rings. The van der Waals surface area contributed by atoms with Gasteiger partial charge in [0.1, 0.15) is 0 Å². The predicted molar refractivity (Wildman–Crippen MR) is 90.4 cm³/mol. The number of nitrogens with zero attached hydrogens (tertiary/aromatic N) is 3. The van der Waals surface area contributed by atoms with Crippen molar-refractivity contribution < 1.29 is 0 Å². The second-order valence-corrected chi connectivity index (χ2v) is 8.37. The van der Waals surface area contributed by atoms with Gasteiger partial charge in [0.25, 0.3) is 0 Å². The van der Waals surface area contributed by atoms with Gasteiger partial charge in [0.05, 0.1) is 29.0 Å². The third-order valence-electron chi connectivity index (χ3n) is 4.01. The maximum atomic E-state index is 4.55. The topological polar surface area (TPSA) is 33.1 Å². The van der Waals surface area contributed by atoms with Gasteiger partial charge < -0.3 is 10.2 Å². The Labute approximate surface area is 134 Å². The van der Waals surface area contributed by atoms with Gasteiger partial charge in [-0.25, -0.2) is 0 Å². The maximum absolute atomic E-state index is 4.55. The third kappa shape index (κ3) is 3.40. The first kappa shape index (κ1) is 16.3. The molecule has 20 heavy (non-hydrogen) atoms. The number of aromatic nitrogens is 2. The molecule has 0 aliphatic carbocycles. The van der Waals surface area contributed by atoms with Crippen molar-refractivity contribution in [2.75, 3.05) is 33.4 Å². The average Bonchev–Trinajstić information content (AvgIpc) is 2.97. The standard InChI is InChI=1S/C14H25BrN4S/c1-14(6-5-9-20-14)13(16-2)12-11(15)10-17-19(12)8-7-18(3)4/h10,13,16H,5-9H2,1-4H3. The van der Waals surface area contributed by atoms with E-state index in [2.05, 4.69) is 75.8 Å². The van der Waals surface area contributed by atoms with E-state index in [1.54, 1.807) is 0 Å². The van der Waals surface area contributed by atoms with E-state index in [1.807, 2.05) is 6.20 Å². The Morgan fingerprint density at radius 1 is 1.60 bits per heavy atom. The van der Waals surface area contributed by atoms with E-state index in [0.717, 1.165) is 17.6 Å². The third-order valence-corrected chi connectivity index (χ3v) is 6.22. The summed E-state index contributed by atoms with van der Waals surface area (Å²) in [4.78, 5) is 2.19. The van der Waals surface area contributed by atoms with Gasteiger partial charge >= 0.3 is 0 Å². The molecule has 0 radical (unpaired) electrons. The fourth-order valence-corrected chi connectivity index (χ4v) is 4.86. The van der Waals surface area contributed by atoms with Gasteiger partial charge in [-0.15, -0.1) is 0 Å². The predicted octanol–water partition coefficient (Wildman–Crippen LogP) is 2.75. The quantitative estimate of drug-likeness (QED) is 0.845. The molecular weight excluding hydrogens is 336 g/mol. The Kier molecular flexibility index (Phi) is 5.56. The van der Waals surface area contributed by atoms with Crippen LogP contribution in [0.4, 0.5) is 0 Å². The highest BCUT2D eigenvalue weighted by atomic mass is 79.9. The van der Waals surface area contributed by atoms with Crippen LogP contribution >= 0.6 is 27.7 Å². The van der Waals surface area contributed by atoms with Crippen LogP contribution in [0.25, 0.3) is 0 Å². The molecule has 2 rings (SSSR count). The van der Waals surface area contributed by atoms with Gasteiger partial charge in [0.15, 0.2) is 0 Å². The summed E-state index contributed by atoms with van der Waals surface area (Å²) in [6, 6.07) is 0.328. The zero-order valence-corrected chi connectivity index (χ0v) is 15.2. The van der Waals surface area contributed by atoms with Crippen LogP contribution in [0.15, 0.2) is 10.7 Å². The molecular formula is C14H25BrN4S. The van der Waals surface area contributed by atoms with Crippen molar-refractivity contribution in [2.45, 2.75) is 37.1 Å². The van der Waals surface area contributed by atoms with Crippen molar-refractivity contribution in [2.24, 2.45) is 0 Å². The minimum Gasteiger partial charge on any atom is -0.311 e. The van der Waals surface area contributed by atoms with Crippen LogP contribution in [-0.2, 0) is 6.54 Å². The van der Waals surface area contributed by atoms with E-state index in [0.29, 0.717) is 6.04 Å². The molecule has 0 bridgehead atoms. The molecule has 1 aromatic rings. The zero-order chi connectivity index (χ0) is 14.8. The second kappa shape index (κ2) is 6.81. The molecule has 6 heteroatoms. The first-order valence-electron chi connectivity index (χ1n) is 7.15. The Hall–Kier alpha value is -0.0400. The molecule has 2 unspecified atom stereocenters. The SMILES string of the molecule is CNC(c1c(Br)cnn1CCN(C)C)C1(C)CCCS1. The molecule has 1 fully saturated rings. The highest BCUT2D eigenvalue weighted by Crippen LogP contribution is 2.47. The first-order chi connectivity index (χ1) is 9.48. The lowest BCUT2D eigenvalue weighted by Gasteiger charge is -2.34. The molecule has 1 N–H and O–H groups in total. The summed E-state index contributed by atoms with van der Waals surface area (Å²) in [5, 5.41) is 8.08. The summed E-state index contributed by atoms with van der Waals surface area (Å²) in [6.45, 7) is 4.30. The highest BCUT2D eigenvalue weighted by Gasteiger charge is 2.40. The van der Waals surface area contributed by atoms with Gasteiger partial charge in [0.2, 0.25) is 0 Å². The van der Waals surface area contributed by atoms with E-state index < -0.39 is 0 Å². The van der Waals surface area contributed by atoms with Crippen LogP contribution in [0.2, 0.25) is 0 Å². The van der Waals surface area contributed by atoms with Gasteiger partial charge in [-0.2, -0.15) is 16.9 Å². The van der Waals surface area contributed by atoms with Crippen LogP contribution in [0.3, 0.4) is 0 Å². The summed E-state index contributed by atoms with van der Waals surface area (Å²) in [6.07, 6.45) is 4.50. The van der Waals surface area contributed by atoms with E-state index in [4.69, 9.17) is 0 Å². The van der Waals surface area contributed by atoms with E-state index >= 15 is 0 Å². The monoisotopic (exact) mass is 360 g/mol. The first-order valence-corrected chi connectivity index (χ1v) is 8.93. The van der Waals surface area contributed by atoms with Crippen molar-refractivity contribution in [3.05, 3.63) is 16.4 Å². The molecule has 0 spiro atoms. The highest BCUT2D eigenvalue weighted by molar-refractivity contribution is 9.10. The van der Waals surface area contributed by atoms with Crippen LogP contribution in [0.5, 0.6) is 0 Å². The Morgan fingerprint density at radius 3 is 2.90 bits per heavy atom. The number of rotatable bonds is 6. The van der Waals surface area contributed by atoms with E-state index in [1.165, 1.54) is 24.3 Å². The van der Waals surface area contributed by atoms with E-state index in [-0.39, 0.29) is 4.75 Å². The van der Waals surface area contributed by atoms with Crippen molar-refractivity contribution in [3.63, 3.8) is 0 Å². The Morgan fingerprint density at radius 2 is 2.35 bits per heavy atom. The number of hydrogen-bond acceptors (Lipinski definition) is 4. The lowest BCUT2D eigenvalue weighted by atomic mass is 9.93. The molecule has 1 saturated heterocycles. The Bertz CT molecular complexity index is 440. The molecule has 1 aliphatic heterocycles. The number of halogens is 1. The summed E-state index contributed by atoms with van der Waals surface area (Å²) in [5.74, 6) is 1.26. The molecule has 4 nitrogen and oxygen atoms in total. The van der Waals surface area contributed by atoms with Crippen molar-refractivity contribution >= 4 is 27.7 Å². The molecule has 0 aromatic carbocycles. The maximum Gasteiger partial charge on any atom is 0.0710 e. The van der Waals surface area contributed by atoms with Crippen molar-refractivity contribution in [1.82, 2.24) is 20.0 Å². The van der Waals surface area contributed by atoms with Gasteiger partial charge in [-0.05, 0) is 62.6 Å². The number of nitrogens with one attached hydrogen (secondary N) is 1. The Balaban J connectivity index is 2.26. The largest absolute Gasteiger partial charge is 0.311 e. The van der Waals surface area contributed by atoms with Crippen LogP contribution in [-0.4, -0.2) is 52.9 Å². The fourth-order valence-electron chi connectivity index (χ4n) is 2.89. The minimum absolute atomic E-state index is 0.257. The zero-order valence-electron chi connectivity index (χ0n) is 12.8. The molecule has 114 valence electrons. The smallest absolute Gasteiger partial charge is 0.0710 e. The van der Waals surface area contributed by atoms with Gasteiger partial charge in [-0.3, -0.25) is 4.68 Å². The molecule has 0 amide bonds. The second-order valence-electron chi connectivity index (χ2n) is 5.89. The lowest BCUT2D eigenvalue weighted by Crippen LogP contribution is -2.38. The fraction of sp³-hybridized carbons (Fsp3) is 0.786. The van der Waals surface area contributed by atoms with Crippen LogP contribution < -0.4 is 5.32 Å². The minimum atomic E-state index is 0.257. The molecule has 1 aromatic heterocycles. The summed E-state index contributed by atoms with van der Waals surface area (Å²) < 4.78 is 3.52. The summed E-state index contributed by atoms with van der Waals surface area (Å²) in [5.41, 5.74) is 1.28. The van der Waals surface area contributed by atoms with Crippen LogP contribution in [0, 0.1) is 0 Å². The number of thioether (sulfide) groups is 1. The molecule has 2 atom stereocenters. The molecule has 2 heterocycles. The number of hydrogen-bond donors (Lipinski definition) is 1.